The fourth-order valence-electron chi connectivity index (χ4n) is 2.61. The van der Waals surface area contributed by atoms with Crippen molar-refractivity contribution in [1.82, 2.24) is 5.32 Å². The highest BCUT2D eigenvalue weighted by Crippen LogP contribution is 2.35. The normalized spacial score (nSPS) is 15.2. The van der Waals surface area contributed by atoms with Gasteiger partial charge >= 0.3 is 0 Å². The summed E-state index contributed by atoms with van der Waals surface area (Å²) in [5, 5.41) is 3.37. The lowest BCUT2D eigenvalue weighted by Gasteiger charge is -2.36. The van der Waals surface area contributed by atoms with E-state index in [1.807, 2.05) is 7.05 Å². The van der Waals surface area contributed by atoms with E-state index in [1.165, 1.54) is 5.56 Å². The molecule has 0 fully saturated rings. The van der Waals surface area contributed by atoms with Crippen LogP contribution < -0.4 is 5.32 Å². The molecule has 1 aromatic carbocycles. The van der Waals surface area contributed by atoms with Crippen molar-refractivity contribution < 1.29 is 4.74 Å². The summed E-state index contributed by atoms with van der Waals surface area (Å²) in [5.74, 6) is 0. The van der Waals surface area contributed by atoms with Gasteiger partial charge in [0.15, 0.2) is 0 Å². The van der Waals surface area contributed by atoms with Crippen molar-refractivity contribution in [2.75, 3.05) is 20.7 Å². The van der Waals surface area contributed by atoms with Crippen LogP contribution in [0, 0.1) is 0 Å². The van der Waals surface area contributed by atoms with E-state index in [-0.39, 0.29) is 11.0 Å². The van der Waals surface area contributed by atoms with E-state index in [0.29, 0.717) is 0 Å². The average Bonchev–Trinajstić information content (AvgIpc) is 2.44. The molecule has 0 aliphatic rings. The second-order valence-corrected chi connectivity index (χ2v) is 5.99. The number of likely N-dealkylation sites (N-methyl/N-ethyl adjacent to an activating group) is 1. The monoisotopic (exact) mass is 263 g/mol. The van der Waals surface area contributed by atoms with E-state index in [4.69, 9.17) is 4.74 Å². The molecule has 108 valence electrons. The molecule has 2 heteroatoms. The Kier molecular flexibility index (Phi) is 6.02. The highest BCUT2D eigenvalue weighted by Gasteiger charge is 2.32. The summed E-state index contributed by atoms with van der Waals surface area (Å²) >= 11 is 0. The van der Waals surface area contributed by atoms with Gasteiger partial charge in [-0.2, -0.15) is 0 Å². The fraction of sp³-hybridized carbons (Fsp3) is 0.647. The maximum atomic E-state index is 5.57. The highest BCUT2D eigenvalue weighted by molar-refractivity contribution is 5.26. The molecule has 0 saturated heterocycles. The first-order valence-electron chi connectivity index (χ1n) is 7.25. The molecule has 0 bridgehead atoms. The highest BCUT2D eigenvalue weighted by atomic mass is 16.5. The molecule has 0 amide bonds. The number of benzene rings is 1. The smallest absolute Gasteiger partial charge is 0.0623 e. The lowest BCUT2D eigenvalue weighted by molar-refractivity contribution is 0.00828. The maximum absolute atomic E-state index is 5.57. The Morgan fingerprint density at radius 3 is 2.21 bits per heavy atom. The number of methoxy groups -OCH3 is 1. The molecule has 0 heterocycles. The lowest BCUT2D eigenvalue weighted by atomic mass is 9.73. The Morgan fingerprint density at radius 1 is 1.11 bits per heavy atom. The number of hydrogen-bond acceptors (Lipinski definition) is 2. The second kappa shape index (κ2) is 7.06. The van der Waals surface area contributed by atoms with Gasteiger partial charge in [-0.3, -0.25) is 0 Å². The summed E-state index contributed by atoms with van der Waals surface area (Å²) in [6.07, 6.45) is 3.33. The number of hydrogen-bond donors (Lipinski definition) is 1. The van der Waals surface area contributed by atoms with Crippen LogP contribution in [0.1, 0.15) is 45.6 Å². The summed E-state index contributed by atoms with van der Waals surface area (Å²) in [4.78, 5) is 0. The summed E-state index contributed by atoms with van der Waals surface area (Å²) in [7, 11) is 3.84. The zero-order valence-electron chi connectivity index (χ0n) is 13.1. The number of ether oxygens (including phenoxy) is 1. The van der Waals surface area contributed by atoms with Gasteiger partial charge in [0.2, 0.25) is 0 Å². The van der Waals surface area contributed by atoms with Gasteiger partial charge in [0.25, 0.3) is 0 Å². The Morgan fingerprint density at radius 2 is 1.74 bits per heavy atom. The minimum absolute atomic E-state index is 0.0526. The molecule has 0 saturated carbocycles. The summed E-state index contributed by atoms with van der Waals surface area (Å²) in [6, 6.07) is 10.9. The largest absolute Gasteiger partial charge is 0.379 e. The minimum Gasteiger partial charge on any atom is -0.379 e. The third-order valence-corrected chi connectivity index (χ3v) is 4.34. The average molecular weight is 263 g/mol. The Balaban J connectivity index is 2.93. The van der Waals surface area contributed by atoms with Crippen molar-refractivity contribution in [3.8, 4) is 0 Å². The van der Waals surface area contributed by atoms with Gasteiger partial charge in [0.05, 0.1) is 5.60 Å². The van der Waals surface area contributed by atoms with Crippen LogP contribution in [0.4, 0.5) is 0 Å². The molecule has 2 nitrogen and oxygen atoms in total. The Bertz CT molecular complexity index is 361. The first-order valence-corrected chi connectivity index (χ1v) is 7.25. The van der Waals surface area contributed by atoms with E-state index < -0.39 is 0 Å². The van der Waals surface area contributed by atoms with Crippen LogP contribution in [-0.4, -0.2) is 26.3 Å². The van der Waals surface area contributed by atoms with Gasteiger partial charge in [0, 0.05) is 19.1 Å². The first kappa shape index (κ1) is 16.2. The molecule has 0 aliphatic heterocycles. The molecule has 0 aromatic heterocycles. The van der Waals surface area contributed by atoms with E-state index in [2.05, 4.69) is 56.4 Å². The predicted molar refractivity (Wildman–Crippen MR) is 82.7 cm³/mol. The van der Waals surface area contributed by atoms with Gasteiger partial charge in [0.1, 0.15) is 0 Å². The zero-order valence-corrected chi connectivity index (χ0v) is 13.1. The molecule has 1 N–H and O–H groups in total. The Hall–Kier alpha value is -0.860. The quantitative estimate of drug-likeness (QED) is 0.771. The van der Waals surface area contributed by atoms with Crippen molar-refractivity contribution in [1.29, 1.82) is 0 Å². The van der Waals surface area contributed by atoms with Crippen molar-refractivity contribution in [2.45, 2.75) is 51.0 Å². The SMILES string of the molecule is CCC(CCC(C)(C)OC)(CNC)c1ccccc1. The molecular formula is C17H29NO. The van der Waals surface area contributed by atoms with Gasteiger partial charge < -0.3 is 10.1 Å². The molecule has 0 aliphatic carbocycles. The van der Waals surface area contributed by atoms with Crippen LogP contribution in [-0.2, 0) is 10.2 Å². The van der Waals surface area contributed by atoms with Crippen LogP contribution in [0.5, 0.6) is 0 Å². The number of rotatable bonds is 8. The van der Waals surface area contributed by atoms with Crippen LogP contribution >= 0.6 is 0 Å². The molecule has 1 atom stereocenters. The van der Waals surface area contributed by atoms with Gasteiger partial charge in [-0.05, 0) is 45.7 Å². The third-order valence-electron chi connectivity index (χ3n) is 4.34. The van der Waals surface area contributed by atoms with Crippen molar-refractivity contribution in [2.24, 2.45) is 0 Å². The molecule has 0 spiro atoms. The van der Waals surface area contributed by atoms with E-state index in [0.717, 1.165) is 25.8 Å². The summed E-state index contributed by atoms with van der Waals surface area (Å²) in [5.41, 5.74) is 1.58. The van der Waals surface area contributed by atoms with E-state index >= 15 is 0 Å². The molecule has 1 rings (SSSR count). The molecule has 19 heavy (non-hydrogen) atoms. The van der Waals surface area contributed by atoms with Gasteiger partial charge in [-0.25, -0.2) is 0 Å². The van der Waals surface area contributed by atoms with Crippen LogP contribution in [0.15, 0.2) is 30.3 Å². The summed E-state index contributed by atoms with van der Waals surface area (Å²) in [6.45, 7) is 7.62. The minimum atomic E-state index is -0.0526. The first-order chi connectivity index (χ1) is 8.99. The van der Waals surface area contributed by atoms with E-state index in [9.17, 15) is 0 Å². The third kappa shape index (κ3) is 4.32. The van der Waals surface area contributed by atoms with Crippen LogP contribution in [0.25, 0.3) is 0 Å². The van der Waals surface area contributed by atoms with Crippen molar-refractivity contribution in [3.05, 3.63) is 35.9 Å². The molecule has 1 unspecified atom stereocenters. The summed E-state index contributed by atoms with van der Waals surface area (Å²) < 4.78 is 5.57. The van der Waals surface area contributed by atoms with Crippen LogP contribution in [0.3, 0.4) is 0 Å². The standard InChI is InChI=1S/C17H29NO/c1-6-17(14-18-4,13-12-16(2,3)19-5)15-10-8-7-9-11-15/h7-11,18H,6,12-14H2,1-5H3. The van der Waals surface area contributed by atoms with Gasteiger partial charge in [-0.1, -0.05) is 37.3 Å². The van der Waals surface area contributed by atoms with Crippen molar-refractivity contribution >= 4 is 0 Å². The lowest BCUT2D eigenvalue weighted by Crippen LogP contribution is -2.38. The maximum Gasteiger partial charge on any atom is 0.0623 e. The Labute approximate surface area is 118 Å². The fourth-order valence-corrected chi connectivity index (χ4v) is 2.61. The van der Waals surface area contributed by atoms with E-state index in [1.54, 1.807) is 7.11 Å². The molecule has 1 aromatic rings. The zero-order chi connectivity index (χ0) is 14.4. The van der Waals surface area contributed by atoms with Crippen LogP contribution in [0.2, 0.25) is 0 Å². The van der Waals surface area contributed by atoms with Gasteiger partial charge in [-0.15, -0.1) is 0 Å². The second-order valence-electron chi connectivity index (χ2n) is 5.99. The molecular weight excluding hydrogens is 234 g/mol. The molecule has 0 radical (unpaired) electrons. The number of nitrogens with one attached hydrogen (secondary N) is 1. The topological polar surface area (TPSA) is 21.3 Å². The van der Waals surface area contributed by atoms with Crippen molar-refractivity contribution in [3.63, 3.8) is 0 Å². The predicted octanol–water partition coefficient (Wildman–Crippen LogP) is 3.76.